The fraction of sp³-hybridized carbons (Fsp3) is 0.333. The zero-order chi connectivity index (χ0) is 13.0. The average Bonchev–Trinajstić information content (AvgIpc) is 2.85. The van der Waals surface area contributed by atoms with Crippen molar-refractivity contribution in [2.75, 3.05) is 6.54 Å². The van der Waals surface area contributed by atoms with Crippen molar-refractivity contribution in [2.24, 2.45) is 0 Å². The van der Waals surface area contributed by atoms with Crippen LogP contribution in [0.4, 0.5) is 4.39 Å². The van der Waals surface area contributed by atoms with Crippen LogP contribution in [0.3, 0.4) is 0 Å². The minimum Gasteiger partial charge on any atom is -0.472 e. The third-order valence-electron chi connectivity index (χ3n) is 3.12. The Balaban J connectivity index is 2.18. The van der Waals surface area contributed by atoms with Crippen LogP contribution >= 0.6 is 0 Å². The second kappa shape index (κ2) is 5.83. The van der Waals surface area contributed by atoms with E-state index in [0.717, 1.165) is 29.7 Å². The molecule has 0 aliphatic heterocycles. The van der Waals surface area contributed by atoms with Gasteiger partial charge in [0.2, 0.25) is 0 Å². The summed E-state index contributed by atoms with van der Waals surface area (Å²) in [4.78, 5) is 0. The smallest absolute Gasteiger partial charge is 0.123 e. The summed E-state index contributed by atoms with van der Waals surface area (Å²) in [5, 5.41) is 3.42. The summed E-state index contributed by atoms with van der Waals surface area (Å²) in [5.41, 5.74) is 3.27. The minimum absolute atomic E-state index is 0.181. The van der Waals surface area contributed by atoms with Gasteiger partial charge in [0.25, 0.3) is 0 Å². The summed E-state index contributed by atoms with van der Waals surface area (Å²) >= 11 is 0. The molecule has 0 fully saturated rings. The summed E-state index contributed by atoms with van der Waals surface area (Å²) in [7, 11) is 0. The number of likely N-dealkylation sites (N-methyl/N-ethyl adjacent to an activating group) is 1. The Hall–Kier alpha value is -1.61. The highest BCUT2D eigenvalue weighted by molar-refractivity contribution is 5.29. The van der Waals surface area contributed by atoms with E-state index in [2.05, 4.69) is 12.2 Å². The third kappa shape index (κ3) is 2.99. The van der Waals surface area contributed by atoms with Crippen LogP contribution < -0.4 is 5.32 Å². The molecule has 1 heterocycles. The second-order valence-corrected chi connectivity index (χ2v) is 4.44. The van der Waals surface area contributed by atoms with Crippen LogP contribution in [0.15, 0.2) is 41.2 Å². The van der Waals surface area contributed by atoms with Crippen molar-refractivity contribution < 1.29 is 8.81 Å². The Morgan fingerprint density at radius 2 is 2.17 bits per heavy atom. The molecule has 1 aromatic heterocycles. The Morgan fingerprint density at radius 3 is 2.78 bits per heavy atom. The topological polar surface area (TPSA) is 25.2 Å². The van der Waals surface area contributed by atoms with E-state index in [1.807, 2.05) is 19.1 Å². The molecule has 0 saturated carbocycles. The van der Waals surface area contributed by atoms with E-state index >= 15 is 0 Å². The highest BCUT2D eigenvalue weighted by atomic mass is 19.1. The number of furan rings is 1. The van der Waals surface area contributed by atoms with Gasteiger partial charge in [0.15, 0.2) is 0 Å². The van der Waals surface area contributed by atoms with Crippen molar-refractivity contribution in [3.63, 3.8) is 0 Å². The van der Waals surface area contributed by atoms with Gasteiger partial charge in [0.05, 0.1) is 12.5 Å². The summed E-state index contributed by atoms with van der Waals surface area (Å²) in [5.74, 6) is -0.181. The highest BCUT2D eigenvalue weighted by Gasteiger charge is 2.13. The molecular formula is C15H18FNO. The average molecular weight is 247 g/mol. The highest BCUT2D eigenvalue weighted by Crippen LogP contribution is 2.21. The molecule has 0 saturated heterocycles. The van der Waals surface area contributed by atoms with E-state index in [1.54, 1.807) is 18.6 Å². The Labute approximate surface area is 107 Å². The minimum atomic E-state index is -0.181. The molecule has 3 heteroatoms. The predicted octanol–water partition coefficient (Wildman–Crippen LogP) is 3.62. The maximum Gasteiger partial charge on any atom is 0.123 e. The van der Waals surface area contributed by atoms with Crippen LogP contribution in [-0.2, 0) is 6.42 Å². The molecule has 2 nitrogen and oxygen atoms in total. The van der Waals surface area contributed by atoms with Crippen LogP contribution in [0.25, 0.3) is 0 Å². The first-order chi connectivity index (χ1) is 8.70. The first-order valence-corrected chi connectivity index (χ1v) is 6.21. The van der Waals surface area contributed by atoms with Crippen molar-refractivity contribution in [1.29, 1.82) is 0 Å². The number of rotatable bonds is 5. The normalized spacial score (nSPS) is 12.6. The summed E-state index contributed by atoms with van der Waals surface area (Å²) in [6.07, 6.45) is 4.27. The first kappa shape index (κ1) is 12.8. The Bertz CT molecular complexity index is 493. The SMILES string of the molecule is CCNC(Cc1ccc(F)cc1C)c1ccoc1. The van der Waals surface area contributed by atoms with Gasteiger partial charge in [-0.3, -0.25) is 0 Å². The first-order valence-electron chi connectivity index (χ1n) is 6.21. The van der Waals surface area contributed by atoms with Gasteiger partial charge in [0, 0.05) is 11.6 Å². The molecule has 1 N–H and O–H groups in total. The van der Waals surface area contributed by atoms with Gasteiger partial charge >= 0.3 is 0 Å². The molecule has 96 valence electrons. The predicted molar refractivity (Wildman–Crippen MR) is 70.0 cm³/mol. The second-order valence-electron chi connectivity index (χ2n) is 4.44. The zero-order valence-electron chi connectivity index (χ0n) is 10.7. The van der Waals surface area contributed by atoms with E-state index < -0.39 is 0 Å². The largest absolute Gasteiger partial charge is 0.472 e. The van der Waals surface area contributed by atoms with E-state index in [0.29, 0.717) is 0 Å². The van der Waals surface area contributed by atoms with Gasteiger partial charge in [-0.05, 0) is 49.2 Å². The van der Waals surface area contributed by atoms with Gasteiger partial charge in [-0.15, -0.1) is 0 Å². The molecule has 0 bridgehead atoms. The Morgan fingerprint density at radius 1 is 1.33 bits per heavy atom. The maximum atomic E-state index is 13.1. The summed E-state index contributed by atoms with van der Waals surface area (Å²) in [6.45, 7) is 4.90. The van der Waals surface area contributed by atoms with Crippen molar-refractivity contribution >= 4 is 0 Å². The molecule has 2 rings (SSSR count). The van der Waals surface area contributed by atoms with Crippen molar-refractivity contribution in [1.82, 2.24) is 5.32 Å². The van der Waals surface area contributed by atoms with E-state index in [-0.39, 0.29) is 11.9 Å². The van der Waals surface area contributed by atoms with E-state index in [4.69, 9.17) is 4.42 Å². The number of nitrogens with one attached hydrogen (secondary N) is 1. The van der Waals surface area contributed by atoms with Gasteiger partial charge in [0.1, 0.15) is 5.82 Å². The number of halogens is 1. The lowest BCUT2D eigenvalue weighted by Crippen LogP contribution is -2.22. The van der Waals surface area contributed by atoms with Crippen LogP contribution in [0.2, 0.25) is 0 Å². The molecular weight excluding hydrogens is 229 g/mol. The third-order valence-corrected chi connectivity index (χ3v) is 3.12. The van der Waals surface area contributed by atoms with Crippen LogP contribution in [0.1, 0.15) is 29.7 Å². The van der Waals surface area contributed by atoms with Crippen molar-refractivity contribution in [3.8, 4) is 0 Å². The number of benzene rings is 1. The summed E-state index contributed by atoms with van der Waals surface area (Å²) in [6, 6.07) is 7.12. The molecule has 1 aromatic carbocycles. The standard InChI is InChI=1S/C15H18FNO/c1-3-17-15(13-6-7-18-10-13)9-12-4-5-14(16)8-11(12)2/h4-8,10,15,17H,3,9H2,1-2H3. The molecule has 2 aromatic rings. The summed E-state index contributed by atoms with van der Waals surface area (Å²) < 4.78 is 18.2. The molecule has 0 aliphatic carbocycles. The zero-order valence-corrected chi connectivity index (χ0v) is 10.7. The number of hydrogen-bond donors (Lipinski definition) is 1. The quantitative estimate of drug-likeness (QED) is 0.873. The Kier molecular flexibility index (Phi) is 4.15. The van der Waals surface area contributed by atoms with Crippen LogP contribution in [0.5, 0.6) is 0 Å². The fourth-order valence-electron chi connectivity index (χ4n) is 2.14. The van der Waals surface area contributed by atoms with E-state index in [9.17, 15) is 4.39 Å². The lowest BCUT2D eigenvalue weighted by molar-refractivity contribution is 0.523. The van der Waals surface area contributed by atoms with Gasteiger partial charge in [-0.2, -0.15) is 0 Å². The molecule has 0 amide bonds. The maximum absolute atomic E-state index is 13.1. The van der Waals surface area contributed by atoms with Crippen LogP contribution in [-0.4, -0.2) is 6.54 Å². The molecule has 18 heavy (non-hydrogen) atoms. The van der Waals surface area contributed by atoms with Crippen molar-refractivity contribution in [3.05, 3.63) is 59.3 Å². The van der Waals surface area contributed by atoms with Crippen LogP contribution in [0, 0.1) is 12.7 Å². The molecule has 1 atom stereocenters. The molecule has 0 aliphatic rings. The number of aryl methyl sites for hydroxylation is 1. The van der Waals surface area contributed by atoms with Gasteiger partial charge in [-0.25, -0.2) is 4.39 Å². The van der Waals surface area contributed by atoms with Gasteiger partial charge < -0.3 is 9.73 Å². The lowest BCUT2D eigenvalue weighted by atomic mass is 9.97. The van der Waals surface area contributed by atoms with E-state index in [1.165, 1.54) is 6.07 Å². The molecule has 0 radical (unpaired) electrons. The lowest BCUT2D eigenvalue weighted by Gasteiger charge is -2.17. The fourth-order valence-corrected chi connectivity index (χ4v) is 2.14. The van der Waals surface area contributed by atoms with Gasteiger partial charge in [-0.1, -0.05) is 13.0 Å². The molecule has 0 spiro atoms. The molecule has 1 unspecified atom stereocenters. The number of hydrogen-bond acceptors (Lipinski definition) is 2. The monoisotopic (exact) mass is 247 g/mol. The van der Waals surface area contributed by atoms with Crippen molar-refractivity contribution in [2.45, 2.75) is 26.3 Å².